The van der Waals surface area contributed by atoms with E-state index in [4.69, 9.17) is 0 Å². The van der Waals surface area contributed by atoms with E-state index in [1.807, 2.05) is 5.51 Å². The van der Waals surface area contributed by atoms with Gasteiger partial charge in [0.1, 0.15) is 0 Å². The van der Waals surface area contributed by atoms with E-state index in [1.165, 1.54) is 36.4 Å². The summed E-state index contributed by atoms with van der Waals surface area (Å²) in [6.07, 6.45) is 3.84. The number of aromatic nitrogens is 1. The lowest BCUT2D eigenvalue weighted by atomic mass is 10.0. The first-order chi connectivity index (χ1) is 5.86. The molecule has 1 aliphatic rings. The highest BCUT2D eigenvalue weighted by Gasteiger charge is 2.16. The maximum absolute atomic E-state index is 4.24. The number of hydrogen-bond acceptors (Lipinski definition) is 3. The molecular weight excluding hydrogens is 168 g/mol. The molecule has 1 aromatic rings. The van der Waals surface area contributed by atoms with Gasteiger partial charge in [-0.15, -0.1) is 11.3 Å². The van der Waals surface area contributed by atoms with Crippen molar-refractivity contribution in [1.29, 1.82) is 0 Å². The van der Waals surface area contributed by atoms with Crippen LogP contribution in [-0.2, 0) is 6.42 Å². The third-order valence-electron chi connectivity index (χ3n) is 2.49. The van der Waals surface area contributed by atoms with Crippen molar-refractivity contribution < 1.29 is 0 Å². The fourth-order valence-corrected chi connectivity index (χ4v) is 2.26. The molecule has 12 heavy (non-hydrogen) atoms. The SMILES string of the molecule is Cc1ncsc1CCC1CCN1. The van der Waals surface area contributed by atoms with Crippen LogP contribution in [0.5, 0.6) is 0 Å². The van der Waals surface area contributed by atoms with Crippen molar-refractivity contribution in [3.63, 3.8) is 0 Å². The fraction of sp³-hybridized carbons (Fsp3) is 0.667. The summed E-state index contributed by atoms with van der Waals surface area (Å²) in [4.78, 5) is 5.70. The molecule has 0 spiro atoms. The molecule has 2 nitrogen and oxygen atoms in total. The van der Waals surface area contributed by atoms with Crippen molar-refractivity contribution in [2.75, 3.05) is 6.54 Å². The van der Waals surface area contributed by atoms with Gasteiger partial charge in [-0.1, -0.05) is 0 Å². The number of nitrogens with zero attached hydrogens (tertiary/aromatic N) is 1. The number of thiazole rings is 1. The van der Waals surface area contributed by atoms with Crippen LogP contribution in [0.2, 0.25) is 0 Å². The van der Waals surface area contributed by atoms with Crippen molar-refractivity contribution in [3.05, 3.63) is 16.1 Å². The van der Waals surface area contributed by atoms with Crippen LogP contribution in [0.15, 0.2) is 5.51 Å². The standard InChI is InChI=1S/C9H14N2S/c1-7-9(12-6-11-7)3-2-8-4-5-10-8/h6,8,10H,2-5H2,1H3. The van der Waals surface area contributed by atoms with E-state index in [0.717, 1.165) is 6.04 Å². The highest BCUT2D eigenvalue weighted by Crippen LogP contribution is 2.17. The van der Waals surface area contributed by atoms with Crippen molar-refractivity contribution in [2.45, 2.75) is 32.2 Å². The summed E-state index contributed by atoms with van der Waals surface area (Å²) in [5.74, 6) is 0. The Labute approximate surface area is 77.0 Å². The van der Waals surface area contributed by atoms with Gasteiger partial charge in [0.15, 0.2) is 0 Å². The number of hydrogen-bond donors (Lipinski definition) is 1. The molecule has 2 heterocycles. The normalized spacial score (nSPS) is 22.2. The topological polar surface area (TPSA) is 24.9 Å². The number of aryl methyl sites for hydroxylation is 2. The summed E-state index contributed by atoms with van der Waals surface area (Å²) in [5.41, 5.74) is 3.16. The molecule has 0 radical (unpaired) electrons. The zero-order chi connectivity index (χ0) is 8.39. The second-order valence-electron chi connectivity index (χ2n) is 3.34. The maximum atomic E-state index is 4.24. The van der Waals surface area contributed by atoms with Gasteiger partial charge >= 0.3 is 0 Å². The van der Waals surface area contributed by atoms with Gasteiger partial charge in [0.05, 0.1) is 11.2 Å². The van der Waals surface area contributed by atoms with Crippen molar-refractivity contribution in [1.82, 2.24) is 10.3 Å². The van der Waals surface area contributed by atoms with E-state index in [1.54, 1.807) is 11.3 Å². The smallest absolute Gasteiger partial charge is 0.0797 e. The van der Waals surface area contributed by atoms with Gasteiger partial charge < -0.3 is 5.32 Å². The predicted octanol–water partition coefficient (Wildman–Crippen LogP) is 1.75. The molecule has 0 aliphatic carbocycles. The van der Waals surface area contributed by atoms with E-state index >= 15 is 0 Å². The molecule has 1 aliphatic heterocycles. The third-order valence-corrected chi connectivity index (χ3v) is 3.49. The second kappa shape index (κ2) is 3.54. The van der Waals surface area contributed by atoms with Crippen molar-refractivity contribution in [3.8, 4) is 0 Å². The molecule has 3 heteroatoms. The van der Waals surface area contributed by atoms with E-state index in [0.29, 0.717) is 0 Å². The molecule has 0 saturated carbocycles. The Morgan fingerprint density at radius 1 is 1.75 bits per heavy atom. The largest absolute Gasteiger partial charge is 0.314 e. The molecular formula is C9H14N2S. The van der Waals surface area contributed by atoms with E-state index in [2.05, 4.69) is 17.2 Å². The maximum Gasteiger partial charge on any atom is 0.0797 e. The first kappa shape index (κ1) is 8.20. The zero-order valence-corrected chi connectivity index (χ0v) is 8.16. The Balaban J connectivity index is 1.82. The summed E-state index contributed by atoms with van der Waals surface area (Å²) >= 11 is 1.79. The third kappa shape index (κ3) is 1.67. The van der Waals surface area contributed by atoms with E-state index in [-0.39, 0.29) is 0 Å². The lowest BCUT2D eigenvalue weighted by Gasteiger charge is -2.27. The molecule has 1 N–H and O–H groups in total. The molecule has 1 aromatic heterocycles. The van der Waals surface area contributed by atoms with Gasteiger partial charge in [0.25, 0.3) is 0 Å². The lowest BCUT2D eigenvalue weighted by molar-refractivity contribution is 0.351. The Morgan fingerprint density at radius 3 is 3.08 bits per heavy atom. The quantitative estimate of drug-likeness (QED) is 0.770. The van der Waals surface area contributed by atoms with Gasteiger partial charge in [0.2, 0.25) is 0 Å². The molecule has 1 fully saturated rings. The Bertz CT molecular complexity index is 253. The minimum atomic E-state index is 0.784. The second-order valence-corrected chi connectivity index (χ2v) is 4.28. The van der Waals surface area contributed by atoms with E-state index < -0.39 is 0 Å². The Kier molecular flexibility index (Phi) is 2.42. The summed E-state index contributed by atoms with van der Waals surface area (Å²) in [7, 11) is 0. The molecule has 0 amide bonds. The van der Waals surface area contributed by atoms with Crippen molar-refractivity contribution in [2.24, 2.45) is 0 Å². The summed E-state index contributed by atoms with van der Waals surface area (Å²) in [6, 6.07) is 0.784. The number of rotatable bonds is 3. The van der Waals surface area contributed by atoms with Crippen LogP contribution in [0.3, 0.4) is 0 Å². The van der Waals surface area contributed by atoms with Gasteiger partial charge in [-0.25, -0.2) is 4.98 Å². The predicted molar refractivity (Wildman–Crippen MR) is 51.6 cm³/mol. The molecule has 1 unspecified atom stereocenters. The highest BCUT2D eigenvalue weighted by molar-refractivity contribution is 7.09. The fourth-order valence-electron chi connectivity index (χ4n) is 1.47. The van der Waals surface area contributed by atoms with Crippen LogP contribution in [0.25, 0.3) is 0 Å². The van der Waals surface area contributed by atoms with Crippen molar-refractivity contribution >= 4 is 11.3 Å². The molecule has 2 rings (SSSR count). The summed E-state index contributed by atoms with van der Waals surface area (Å²) in [5, 5.41) is 3.41. The summed E-state index contributed by atoms with van der Waals surface area (Å²) in [6.45, 7) is 3.31. The monoisotopic (exact) mass is 182 g/mol. The Hall–Kier alpha value is -0.410. The first-order valence-electron chi connectivity index (χ1n) is 4.48. The van der Waals surface area contributed by atoms with Gasteiger partial charge in [-0.2, -0.15) is 0 Å². The molecule has 1 saturated heterocycles. The molecule has 0 aromatic carbocycles. The van der Waals surface area contributed by atoms with Crippen LogP contribution in [0.1, 0.15) is 23.4 Å². The minimum Gasteiger partial charge on any atom is -0.314 e. The van der Waals surface area contributed by atoms with Crippen LogP contribution < -0.4 is 5.32 Å². The van der Waals surface area contributed by atoms with Gasteiger partial charge in [0, 0.05) is 10.9 Å². The van der Waals surface area contributed by atoms with E-state index in [9.17, 15) is 0 Å². The highest BCUT2D eigenvalue weighted by atomic mass is 32.1. The summed E-state index contributed by atoms with van der Waals surface area (Å²) < 4.78 is 0. The lowest BCUT2D eigenvalue weighted by Crippen LogP contribution is -2.42. The van der Waals surface area contributed by atoms with Crippen LogP contribution in [0.4, 0.5) is 0 Å². The molecule has 66 valence electrons. The Morgan fingerprint density at radius 2 is 2.58 bits per heavy atom. The van der Waals surface area contributed by atoms with Crippen LogP contribution in [-0.4, -0.2) is 17.6 Å². The molecule has 0 bridgehead atoms. The number of nitrogens with one attached hydrogen (secondary N) is 1. The average Bonchev–Trinajstić information content (AvgIpc) is 2.33. The van der Waals surface area contributed by atoms with Crippen LogP contribution >= 0.6 is 11.3 Å². The molecule has 1 atom stereocenters. The minimum absolute atomic E-state index is 0.784. The zero-order valence-electron chi connectivity index (χ0n) is 7.34. The van der Waals surface area contributed by atoms with Gasteiger partial charge in [-0.3, -0.25) is 0 Å². The average molecular weight is 182 g/mol. The van der Waals surface area contributed by atoms with Crippen LogP contribution in [0, 0.1) is 6.92 Å². The first-order valence-corrected chi connectivity index (χ1v) is 5.36. The van der Waals surface area contributed by atoms with Gasteiger partial charge in [-0.05, 0) is 32.7 Å².